The minimum atomic E-state index is -0.688. The number of phenolic OH excluding ortho intramolecular Hbond substituents is 1. The van der Waals surface area contributed by atoms with Crippen LogP contribution < -0.4 is 5.32 Å². The molecule has 0 saturated heterocycles. The number of rotatable bonds is 4. The molecule has 0 unspecified atom stereocenters. The van der Waals surface area contributed by atoms with Crippen molar-refractivity contribution in [1.82, 2.24) is 5.32 Å². The number of amides is 1. The van der Waals surface area contributed by atoms with E-state index in [2.05, 4.69) is 5.32 Å². The van der Waals surface area contributed by atoms with Gasteiger partial charge in [-0.1, -0.05) is 13.3 Å². The van der Waals surface area contributed by atoms with Crippen molar-refractivity contribution >= 4 is 5.91 Å². The SMILES string of the molecule is CCCCNC(=O)c1c(C)cc(O)cc1F. The van der Waals surface area contributed by atoms with Gasteiger partial charge in [-0.2, -0.15) is 0 Å². The van der Waals surface area contributed by atoms with Crippen LogP contribution in [0.5, 0.6) is 5.75 Å². The third-order valence-electron chi connectivity index (χ3n) is 2.32. The molecular weight excluding hydrogens is 209 g/mol. The van der Waals surface area contributed by atoms with Gasteiger partial charge < -0.3 is 10.4 Å². The predicted octanol–water partition coefficient (Wildman–Crippen LogP) is 2.37. The van der Waals surface area contributed by atoms with Crippen molar-refractivity contribution in [2.75, 3.05) is 6.54 Å². The van der Waals surface area contributed by atoms with Crippen LogP contribution in [0.25, 0.3) is 0 Å². The zero-order valence-corrected chi connectivity index (χ0v) is 9.51. The van der Waals surface area contributed by atoms with Crippen LogP contribution in [0.2, 0.25) is 0 Å². The highest BCUT2D eigenvalue weighted by Crippen LogP contribution is 2.19. The van der Waals surface area contributed by atoms with Gasteiger partial charge in [0, 0.05) is 12.6 Å². The van der Waals surface area contributed by atoms with Crippen LogP contribution in [0.4, 0.5) is 4.39 Å². The Kier molecular flexibility index (Phi) is 4.28. The number of carbonyl (C=O) groups excluding carboxylic acids is 1. The third kappa shape index (κ3) is 2.95. The van der Waals surface area contributed by atoms with Crippen molar-refractivity contribution < 1.29 is 14.3 Å². The lowest BCUT2D eigenvalue weighted by Gasteiger charge is -2.08. The van der Waals surface area contributed by atoms with Crippen molar-refractivity contribution in [3.8, 4) is 5.75 Å². The fourth-order valence-corrected chi connectivity index (χ4v) is 1.48. The monoisotopic (exact) mass is 225 g/mol. The van der Waals surface area contributed by atoms with E-state index in [0.717, 1.165) is 18.9 Å². The first-order valence-electron chi connectivity index (χ1n) is 5.33. The normalized spacial score (nSPS) is 10.2. The highest BCUT2D eigenvalue weighted by molar-refractivity contribution is 5.96. The Morgan fingerprint density at radius 1 is 1.50 bits per heavy atom. The number of aromatic hydroxyl groups is 1. The molecule has 1 aromatic carbocycles. The second-order valence-electron chi connectivity index (χ2n) is 3.73. The molecule has 0 saturated carbocycles. The Morgan fingerprint density at radius 3 is 2.75 bits per heavy atom. The van der Waals surface area contributed by atoms with Gasteiger partial charge in [0.15, 0.2) is 0 Å². The van der Waals surface area contributed by atoms with Gasteiger partial charge >= 0.3 is 0 Å². The predicted molar refractivity (Wildman–Crippen MR) is 60.0 cm³/mol. The van der Waals surface area contributed by atoms with E-state index in [1.54, 1.807) is 6.92 Å². The zero-order valence-electron chi connectivity index (χ0n) is 9.51. The van der Waals surface area contributed by atoms with Crippen LogP contribution in [0.15, 0.2) is 12.1 Å². The number of hydrogen-bond acceptors (Lipinski definition) is 2. The van der Waals surface area contributed by atoms with E-state index in [-0.39, 0.29) is 11.3 Å². The molecular formula is C12H16FNO2. The Morgan fingerprint density at radius 2 is 2.19 bits per heavy atom. The van der Waals surface area contributed by atoms with Gasteiger partial charge in [0.05, 0.1) is 5.56 Å². The molecule has 0 bridgehead atoms. The zero-order chi connectivity index (χ0) is 12.1. The number of halogens is 1. The first-order chi connectivity index (χ1) is 7.56. The average molecular weight is 225 g/mol. The molecule has 0 aromatic heterocycles. The van der Waals surface area contributed by atoms with E-state index >= 15 is 0 Å². The van der Waals surface area contributed by atoms with Crippen molar-refractivity contribution in [3.63, 3.8) is 0 Å². The third-order valence-corrected chi connectivity index (χ3v) is 2.32. The Balaban J connectivity index is 2.83. The molecule has 1 amide bonds. The van der Waals surface area contributed by atoms with Gasteiger partial charge in [0.2, 0.25) is 0 Å². The van der Waals surface area contributed by atoms with E-state index < -0.39 is 11.7 Å². The molecule has 16 heavy (non-hydrogen) atoms. The quantitative estimate of drug-likeness (QED) is 0.773. The Hall–Kier alpha value is -1.58. The molecule has 4 heteroatoms. The number of nitrogens with one attached hydrogen (secondary N) is 1. The molecule has 0 aliphatic heterocycles. The maximum absolute atomic E-state index is 13.5. The molecule has 0 heterocycles. The van der Waals surface area contributed by atoms with Gasteiger partial charge in [-0.05, 0) is 25.0 Å². The van der Waals surface area contributed by atoms with Crippen LogP contribution in [-0.2, 0) is 0 Å². The Labute approximate surface area is 94.3 Å². The summed E-state index contributed by atoms with van der Waals surface area (Å²) in [5.74, 6) is -1.28. The first kappa shape index (κ1) is 12.5. The van der Waals surface area contributed by atoms with Gasteiger partial charge in [0.25, 0.3) is 5.91 Å². The molecule has 0 fully saturated rings. The van der Waals surface area contributed by atoms with Crippen molar-refractivity contribution in [3.05, 3.63) is 29.1 Å². The second kappa shape index (κ2) is 5.49. The van der Waals surface area contributed by atoms with Crippen LogP contribution in [0.3, 0.4) is 0 Å². The van der Waals surface area contributed by atoms with E-state index in [1.807, 2.05) is 6.92 Å². The molecule has 1 rings (SSSR count). The molecule has 0 radical (unpaired) electrons. The highest BCUT2D eigenvalue weighted by atomic mass is 19.1. The summed E-state index contributed by atoms with van der Waals surface area (Å²) in [5.41, 5.74) is 0.445. The smallest absolute Gasteiger partial charge is 0.254 e. The lowest BCUT2D eigenvalue weighted by molar-refractivity contribution is 0.0948. The largest absolute Gasteiger partial charge is 0.508 e. The van der Waals surface area contributed by atoms with Crippen LogP contribution in [0.1, 0.15) is 35.7 Å². The maximum Gasteiger partial charge on any atom is 0.254 e. The van der Waals surface area contributed by atoms with Crippen molar-refractivity contribution in [1.29, 1.82) is 0 Å². The molecule has 0 aliphatic carbocycles. The number of phenols is 1. The first-order valence-corrected chi connectivity index (χ1v) is 5.33. The molecule has 88 valence electrons. The summed E-state index contributed by atoms with van der Waals surface area (Å²) >= 11 is 0. The lowest BCUT2D eigenvalue weighted by atomic mass is 10.1. The van der Waals surface area contributed by atoms with Gasteiger partial charge in [-0.15, -0.1) is 0 Å². The van der Waals surface area contributed by atoms with E-state index in [0.29, 0.717) is 12.1 Å². The number of aryl methyl sites for hydroxylation is 1. The molecule has 0 spiro atoms. The fraction of sp³-hybridized carbons (Fsp3) is 0.417. The molecule has 0 atom stereocenters. The summed E-state index contributed by atoms with van der Waals surface area (Å²) in [4.78, 5) is 11.6. The van der Waals surface area contributed by atoms with Crippen LogP contribution >= 0.6 is 0 Å². The van der Waals surface area contributed by atoms with Crippen molar-refractivity contribution in [2.45, 2.75) is 26.7 Å². The van der Waals surface area contributed by atoms with E-state index in [9.17, 15) is 9.18 Å². The number of unbranched alkanes of at least 4 members (excludes halogenated alkanes) is 1. The van der Waals surface area contributed by atoms with Crippen LogP contribution in [-0.4, -0.2) is 17.6 Å². The number of benzene rings is 1. The summed E-state index contributed by atoms with van der Waals surface area (Å²) in [6, 6.07) is 2.32. The van der Waals surface area contributed by atoms with E-state index in [1.165, 1.54) is 6.07 Å². The second-order valence-corrected chi connectivity index (χ2v) is 3.73. The maximum atomic E-state index is 13.5. The van der Waals surface area contributed by atoms with Crippen molar-refractivity contribution in [2.24, 2.45) is 0 Å². The molecule has 2 N–H and O–H groups in total. The summed E-state index contributed by atoms with van der Waals surface area (Å²) in [5, 5.41) is 11.8. The van der Waals surface area contributed by atoms with Gasteiger partial charge in [-0.3, -0.25) is 4.79 Å². The topological polar surface area (TPSA) is 49.3 Å². The summed E-state index contributed by atoms with van der Waals surface area (Å²) in [7, 11) is 0. The number of carbonyl (C=O) groups is 1. The number of hydrogen-bond donors (Lipinski definition) is 2. The average Bonchev–Trinajstić information content (AvgIpc) is 2.16. The summed E-state index contributed by atoms with van der Waals surface area (Å²) in [6.45, 7) is 4.14. The molecule has 1 aromatic rings. The van der Waals surface area contributed by atoms with Crippen LogP contribution in [0, 0.1) is 12.7 Å². The minimum Gasteiger partial charge on any atom is -0.508 e. The highest BCUT2D eigenvalue weighted by Gasteiger charge is 2.15. The van der Waals surface area contributed by atoms with Gasteiger partial charge in [0.1, 0.15) is 11.6 Å². The minimum absolute atomic E-state index is 0.00824. The summed E-state index contributed by atoms with van der Waals surface area (Å²) < 4.78 is 13.5. The van der Waals surface area contributed by atoms with Gasteiger partial charge in [-0.25, -0.2) is 4.39 Å². The standard InChI is InChI=1S/C12H16FNO2/c1-3-4-5-14-12(16)11-8(2)6-9(15)7-10(11)13/h6-7,15H,3-5H2,1-2H3,(H,14,16). The lowest BCUT2D eigenvalue weighted by Crippen LogP contribution is -2.26. The fourth-order valence-electron chi connectivity index (χ4n) is 1.48. The molecule has 0 aliphatic rings. The summed E-state index contributed by atoms with van der Waals surface area (Å²) in [6.07, 6.45) is 1.84. The Bertz CT molecular complexity index is 368. The molecule has 3 nitrogen and oxygen atoms in total. The van der Waals surface area contributed by atoms with E-state index in [4.69, 9.17) is 5.11 Å².